The molecule has 0 amide bonds. The highest BCUT2D eigenvalue weighted by Gasteiger charge is 2.21. The number of likely N-dealkylation sites (tertiary alicyclic amines) is 1. The maximum absolute atomic E-state index is 11.2. The van der Waals surface area contributed by atoms with E-state index in [9.17, 15) is 9.90 Å². The van der Waals surface area contributed by atoms with Crippen molar-refractivity contribution in [3.8, 4) is 0 Å². The Morgan fingerprint density at radius 2 is 2.00 bits per heavy atom. The van der Waals surface area contributed by atoms with E-state index in [1.807, 2.05) is 12.1 Å². The lowest BCUT2D eigenvalue weighted by Crippen LogP contribution is -2.41. The minimum atomic E-state index is -0.840. The molecule has 0 atom stereocenters. The van der Waals surface area contributed by atoms with Gasteiger partial charge in [0, 0.05) is 12.6 Å². The zero-order valence-corrected chi connectivity index (χ0v) is 11.7. The Hall–Kier alpha value is -1.39. The normalized spacial score (nSPS) is 17.8. The summed E-state index contributed by atoms with van der Waals surface area (Å²) in [6.45, 7) is 2.95. The summed E-state index contributed by atoms with van der Waals surface area (Å²) in [6, 6.07) is 7.83. The van der Waals surface area contributed by atoms with E-state index < -0.39 is 5.97 Å². The number of rotatable bonds is 4. The van der Waals surface area contributed by atoms with Crippen LogP contribution in [0.3, 0.4) is 0 Å². The molecule has 0 saturated carbocycles. The molecule has 0 spiro atoms. The van der Waals surface area contributed by atoms with Gasteiger partial charge in [-0.3, -0.25) is 4.90 Å². The van der Waals surface area contributed by atoms with Crippen LogP contribution < -0.4 is 0 Å². The van der Waals surface area contributed by atoms with E-state index >= 15 is 0 Å². The first-order valence-corrected chi connectivity index (χ1v) is 6.78. The van der Waals surface area contributed by atoms with E-state index in [1.54, 1.807) is 12.1 Å². The summed E-state index contributed by atoms with van der Waals surface area (Å²) in [5, 5.41) is 9.20. The number of aromatic carboxylic acids is 1. The Balaban J connectivity index is 2.02. The summed E-state index contributed by atoms with van der Waals surface area (Å²) in [4.78, 5) is 15.8. The van der Waals surface area contributed by atoms with Gasteiger partial charge in [-0.15, -0.1) is 0 Å². The lowest BCUT2D eigenvalue weighted by atomic mass is 10.0. The van der Waals surface area contributed by atoms with Gasteiger partial charge in [0.25, 0.3) is 0 Å². The summed E-state index contributed by atoms with van der Waals surface area (Å²) in [6.07, 6.45) is 2.31. The maximum Gasteiger partial charge on any atom is 0.336 e. The summed E-state index contributed by atoms with van der Waals surface area (Å²) < 4.78 is 0. The van der Waals surface area contributed by atoms with Crippen LogP contribution in [0, 0.1) is 0 Å². The minimum Gasteiger partial charge on any atom is -0.478 e. The fourth-order valence-electron chi connectivity index (χ4n) is 2.70. The molecular formula is C15H22N2O2. The second-order valence-electron chi connectivity index (χ2n) is 5.41. The molecule has 0 aromatic heterocycles. The highest BCUT2D eigenvalue weighted by Crippen LogP contribution is 2.18. The van der Waals surface area contributed by atoms with Crippen LogP contribution in [0.15, 0.2) is 24.3 Å². The zero-order chi connectivity index (χ0) is 13.8. The van der Waals surface area contributed by atoms with Crippen LogP contribution in [-0.2, 0) is 6.54 Å². The lowest BCUT2D eigenvalue weighted by molar-refractivity contribution is 0.0693. The van der Waals surface area contributed by atoms with Crippen molar-refractivity contribution in [1.29, 1.82) is 0 Å². The molecule has 0 bridgehead atoms. The molecule has 1 aliphatic rings. The van der Waals surface area contributed by atoms with Crippen LogP contribution in [0.2, 0.25) is 0 Å². The van der Waals surface area contributed by atoms with Crippen LogP contribution in [-0.4, -0.2) is 54.1 Å². The summed E-state index contributed by atoms with van der Waals surface area (Å²) in [7, 11) is 4.24. The van der Waals surface area contributed by atoms with E-state index in [0.717, 1.165) is 31.5 Å². The van der Waals surface area contributed by atoms with Crippen molar-refractivity contribution in [3.63, 3.8) is 0 Å². The number of piperidine rings is 1. The van der Waals surface area contributed by atoms with Crippen molar-refractivity contribution in [2.24, 2.45) is 0 Å². The van der Waals surface area contributed by atoms with Crippen molar-refractivity contribution in [1.82, 2.24) is 9.80 Å². The molecule has 1 aromatic carbocycles. The predicted octanol–water partition coefficient (Wildman–Crippen LogP) is 1.91. The lowest BCUT2D eigenvalue weighted by Gasteiger charge is -2.35. The van der Waals surface area contributed by atoms with E-state index in [4.69, 9.17) is 0 Å². The van der Waals surface area contributed by atoms with Crippen molar-refractivity contribution < 1.29 is 9.90 Å². The van der Waals surface area contributed by atoms with Crippen LogP contribution >= 0.6 is 0 Å². The molecule has 2 rings (SSSR count). The Morgan fingerprint density at radius 3 is 2.63 bits per heavy atom. The average molecular weight is 262 g/mol. The van der Waals surface area contributed by atoms with Gasteiger partial charge in [0.15, 0.2) is 0 Å². The predicted molar refractivity (Wildman–Crippen MR) is 75.4 cm³/mol. The SMILES string of the molecule is CN1CCC(N(C)Cc2ccccc2C(=O)O)CC1. The first-order valence-electron chi connectivity index (χ1n) is 6.78. The Morgan fingerprint density at radius 1 is 1.37 bits per heavy atom. The molecule has 1 saturated heterocycles. The summed E-state index contributed by atoms with van der Waals surface area (Å²) >= 11 is 0. The second kappa shape index (κ2) is 6.17. The van der Waals surface area contributed by atoms with Crippen LogP contribution in [0.4, 0.5) is 0 Å². The minimum absolute atomic E-state index is 0.419. The van der Waals surface area contributed by atoms with Gasteiger partial charge in [-0.05, 0) is 51.7 Å². The molecule has 1 heterocycles. The van der Waals surface area contributed by atoms with E-state index in [1.165, 1.54) is 0 Å². The number of benzene rings is 1. The van der Waals surface area contributed by atoms with Crippen LogP contribution in [0.1, 0.15) is 28.8 Å². The molecule has 1 N–H and O–H groups in total. The van der Waals surface area contributed by atoms with Crippen molar-refractivity contribution in [3.05, 3.63) is 35.4 Å². The highest BCUT2D eigenvalue weighted by molar-refractivity contribution is 5.89. The first-order chi connectivity index (χ1) is 9.08. The van der Waals surface area contributed by atoms with Gasteiger partial charge in [0.2, 0.25) is 0 Å². The molecular weight excluding hydrogens is 240 g/mol. The highest BCUT2D eigenvalue weighted by atomic mass is 16.4. The quantitative estimate of drug-likeness (QED) is 0.900. The molecule has 4 heteroatoms. The standard InChI is InChI=1S/C15H22N2O2/c1-16-9-7-13(8-10-16)17(2)11-12-5-3-4-6-14(12)15(18)19/h3-6,13H,7-11H2,1-2H3,(H,18,19). The van der Waals surface area contributed by atoms with Crippen LogP contribution in [0.5, 0.6) is 0 Å². The second-order valence-corrected chi connectivity index (χ2v) is 5.41. The number of carbonyl (C=O) groups is 1. The molecule has 19 heavy (non-hydrogen) atoms. The molecule has 4 nitrogen and oxygen atoms in total. The topological polar surface area (TPSA) is 43.8 Å². The van der Waals surface area contributed by atoms with Crippen molar-refractivity contribution >= 4 is 5.97 Å². The largest absolute Gasteiger partial charge is 0.478 e. The monoisotopic (exact) mass is 262 g/mol. The third kappa shape index (κ3) is 3.55. The maximum atomic E-state index is 11.2. The van der Waals surface area contributed by atoms with E-state index in [0.29, 0.717) is 18.2 Å². The molecule has 1 aromatic rings. The van der Waals surface area contributed by atoms with Gasteiger partial charge < -0.3 is 10.0 Å². The Labute approximate surface area is 114 Å². The molecule has 104 valence electrons. The van der Waals surface area contributed by atoms with Crippen molar-refractivity contribution in [2.75, 3.05) is 27.2 Å². The Kier molecular flexibility index (Phi) is 4.56. The molecule has 1 fully saturated rings. The van der Waals surface area contributed by atoms with Crippen LogP contribution in [0.25, 0.3) is 0 Å². The Bertz CT molecular complexity index is 440. The summed E-state index contributed by atoms with van der Waals surface area (Å²) in [5.41, 5.74) is 1.32. The van der Waals surface area contributed by atoms with E-state index in [-0.39, 0.29) is 0 Å². The molecule has 0 unspecified atom stereocenters. The molecule has 0 radical (unpaired) electrons. The van der Waals surface area contributed by atoms with E-state index in [2.05, 4.69) is 23.9 Å². The number of hydrogen-bond donors (Lipinski definition) is 1. The number of carboxylic acid groups (broad SMARTS) is 1. The third-order valence-electron chi connectivity index (χ3n) is 3.98. The zero-order valence-electron chi connectivity index (χ0n) is 11.7. The van der Waals surface area contributed by atoms with Gasteiger partial charge in [-0.2, -0.15) is 0 Å². The molecule has 0 aliphatic carbocycles. The number of nitrogens with zero attached hydrogens (tertiary/aromatic N) is 2. The fourth-order valence-corrected chi connectivity index (χ4v) is 2.70. The van der Waals surface area contributed by atoms with Gasteiger partial charge in [-0.25, -0.2) is 4.79 Å². The van der Waals surface area contributed by atoms with Gasteiger partial charge in [0.05, 0.1) is 5.56 Å². The van der Waals surface area contributed by atoms with Gasteiger partial charge in [0.1, 0.15) is 0 Å². The molecule has 1 aliphatic heterocycles. The average Bonchev–Trinajstić information content (AvgIpc) is 2.39. The van der Waals surface area contributed by atoms with Gasteiger partial charge >= 0.3 is 5.97 Å². The number of hydrogen-bond acceptors (Lipinski definition) is 3. The van der Waals surface area contributed by atoms with Gasteiger partial charge in [-0.1, -0.05) is 18.2 Å². The third-order valence-corrected chi connectivity index (χ3v) is 3.98. The first kappa shape index (κ1) is 14.0. The fraction of sp³-hybridized carbons (Fsp3) is 0.533. The van der Waals surface area contributed by atoms with Crippen molar-refractivity contribution in [2.45, 2.75) is 25.4 Å². The number of carboxylic acids is 1. The smallest absolute Gasteiger partial charge is 0.336 e. The summed E-state index contributed by atoms with van der Waals surface area (Å²) in [5.74, 6) is -0.840.